The highest BCUT2D eigenvalue weighted by Gasteiger charge is 2.28. The molecular weight excluding hydrogens is 492 g/mol. The van der Waals surface area contributed by atoms with Gasteiger partial charge in [0.15, 0.2) is 0 Å². The summed E-state index contributed by atoms with van der Waals surface area (Å²) in [5.41, 5.74) is 3.58. The number of nitrogens with zero attached hydrogens (tertiary/aromatic N) is 1. The minimum Gasteiger partial charge on any atom is -0.344 e. The van der Waals surface area contributed by atoms with Gasteiger partial charge < -0.3 is 5.32 Å². The van der Waals surface area contributed by atoms with E-state index in [1.165, 1.54) is 28.6 Å². The number of rotatable bonds is 9. The molecule has 0 radical (unpaired) electrons. The van der Waals surface area contributed by atoms with Crippen molar-refractivity contribution in [3.05, 3.63) is 136 Å². The quantitative estimate of drug-likeness (QED) is 0.307. The third-order valence-corrected chi connectivity index (χ3v) is 8.01. The summed E-state index contributed by atoms with van der Waals surface area (Å²) in [6.07, 6.45) is 0. The summed E-state index contributed by atoms with van der Waals surface area (Å²) in [5, 5.41) is 3.48. The fourth-order valence-electron chi connectivity index (χ4n) is 3.98. The van der Waals surface area contributed by atoms with Crippen molar-refractivity contribution in [3.8, 4) is 0 Å². The van der Waals surface area contributed by atoms with Crippen LogP contribution in [0.4, 0.5) is 0 Å². The lowest BCUT2D eigenvalue weighted by atomic mass is 9.99. The van der Waals surface area contributed by atoms with Crippen LogP contribution in [0.2, 0.25) is 5.02 Å². The summed E-state index contributed by atoms with van der Waals surface area (Å²) in [6, 6.07) is 32.3. The standard InChI is InChI=1S/C29H27ClN2O3S/c1-22-10-8-9-15-25(22)20-32(36(34,35)27-18-16-26(30)17-19-27)21-28(33)31-29(23-11-4-2-5-12-23)24-13-6-3-7-14-24/h2-19,29H,20-21H2,1H3,(H,31,33). The van der Waals surface area contributed by atoms with Crippen molar-refractivity contribution >= 4 is 27.5 Å². The summed E-state index contributed by atoms with van der Waals surface area (Å²) < 4.78 is 28.5. The van der Waals surface area contributed by atoms with E-state index in [1.54, 1.807) is 0 Å². The molecule has 0 saturated carbocycles. The maximum Gasteiger partial charge on any atom is 0.243 e. The molecule has 0 fully saturated rings. The largest absolute Gasteiger partial charge is 0.344 e. The van der Waals surface area contributed by atoms with E-state index in [0.717, 1.165) is 22.3 Å². The van der Waals surface area contributed by atoms with Crippen molar-refractivity contribution in [2.24, 2.45) is 0 Å². The second-order valence-corrected chi connectivity index (χ2v) is 10.8. The summed E-state index contributed by atoms with van der Waals surface area (Å²) in [4.78, 5) is 13.5. The van der Waals surface area contributed by atoms with Crippen molar-refractivity contribution in [2.45, 2.75) is 24.4 Å². The number of carbonyl (C=O) groups excluding carboxylic acids is 1. The van der Waals surface area contributed by atoms with Crippen LogP contribution >= 0.6 is 11.6 Å². The van der Waals surface area contributed by atoms with Gasteiger partial charge in [0.05, 0.1) is 17.5 Å². The van der Waals surface area contributed by atoms with Crippen LogP contribution in [-0.4, -0.2) is 25.2 Å². The number of amides is 1. The number of sulfonamides is 1. The van der Waals surface area contributed by atoms with Gasteiger partial charge >= 0.3 is 0 Å². The van der Waals surface area contributed by atoms with Crippen LogP contribution in [-0.2, 0) is 21.4 Å². The number of carbonyl (C=O) groups is 1. The van der Waals surface area contributed by atoms with Crippen LogP contribution in [0.1, 0.15) is 28.3 Å². The molecule has 0 heterocycles. The molecule has 0 bridgehead atoms. The van der Waals surface area contributed by atoms with Gasteiger partial charge in [0.2, 0.25) is 15.9 Å². The third kappa shape index (κ3) is 6.21. The second-order valence-electron chi connectivity index (χ2n) is 8.48. The lowest BCUT2D eigenvalue weighted by molar-refractivity contribution is -0.121. The lowest BCUT2D eigenvalue weighted by Crippen LogP contribution is -2.41. The Labute approximate surface area is 217 Å². The molecule has 0 spiro atoms. The van der Waals surface area contributed by atoms with Gasteiger partial charge in [-0.05, 0) is 53.4 Å². The van der Waals surface area contributed by atoms with E-state index in [1.807, 2.05) is 91.9 Å². The average molecular weight is 519 g/mol. The fourth-order valence-corrected chi connectivity index (χ4v) is 5.48. The van der Waals surface area contributed by atoms with Gasteiger partial charge in [-0.1, -0.05) is 96.5 Å². The summed E-state index contributed by atoms with van der Waals surface area (Å²) in [6.45, 7) is 1.64. The maximum atomic E-state index is 13.6. The minimum atomic E-state index is -3.98. The van der Waals surface area contributed by atoms with Crippen molar-refractivity contribution < 1.29 is 13.2 Å². The Kier molecular flexibility index (Phi) is 8.21. The number of hydrogen-bond acceptors (Lipinski definition) is 3. The van der Waals surface area contributed by atoms with Crippen molar-refractivity contribution in [1.29, 1.82) is 0 Å². The number of aryl methyl sites for hydroxylation is 1. The first-order valence-corrected chi connectivity index (χ1v) is 13.4. The fraction of sp³-hybridized carbons (Fsp3) is 0.138. The highest BCUT2D eigenvalue weighted by Crippen LogP contribution is 2.24. The average Bonchev–Trinajstić information content (AvgIpc) is 2.89. The smallest absolute Gasteiger partial charge is 0.243 e. The minimum absolute atomic E-state index is 0.0619. The van der Waals surface area contributed by atoms with Gasteiger partial charge in [0, 0.05) is 11.6 Å². The molecule has 1 amide bonds. The molecule has 0 aliphatic heterocycles. The van der Waals surface area contributed by atoms with E-state index >= 15 is 0 Å². The molecular formula is C29H27ClN2O3S. The Balaban J connectivity index is 1.65. The van der Waals surface area contributed by atoms with Gasteiger partial charge in [-0.15, -0.1) is 0 Å². The van der Waals surface area contributed by atoms with Crippen LogP contribution in [0.3, 0.4) is 0 Å². The molecule has 4 aromatic rings. The number of halogens is 1. The Bertz CT molecular complexity index is 1370. The molecule has 5 nitrogen and oxygen atoms in total. The van der Waals surface area contributed by atoms with E-state index < -0.39 is 22.0 Å². The first-order valence-electron chi connectivity index (χ1n) is 11.5. The zero-order valence-electron chi connectivity index (χ0n) is 19.8. The highest BCUT2D eigenvalue weighted by molar-refractivity contribution is 7.89. The molecule has 0 unspecified atom stereocenters. The number of hydrogen-bond donors (Lipinski definition) is 1. The molecule has 0 aliphatic rings. The van der Waals surface area contributed by atoms with Crippen LogP contribution < -0.4 is 5.32 Å². The van der Waals surface area contributed by atoms with Crippen molar-refractivity contribution in [2.75, 3.05) is 6.54 Å². The molecule has 0 aliphatic carbocycles. The molecule has 4 aromatic carbocycles. The monoisotopic (exact) mass is 518 g/mol. The van der Waals surface area contributed by atoms with Gasteiger partial charge in [-0.3, -0.25) is 4.79 Å². The highest BCUT2D eigenvalue weighted by atomic mass is 35.5. The number of nitrogens with one attached hydrogen (secondary N) is 1. The normalized spacial score (nSPS) is 11.6. The van der Waals surface area contributed by atoms with Crippen molar-refractivity contribution in [1.82, 2.24) is 9.62 Å². The first kappa shape index (κ1) is 25.6. The Morgan fingerprint density at radius 3 is 1.89 bits per heavy atom. The molecule has 36 heavy (non-hydrogen) atoms. The van der Waals surface area contributed by atoms with Crippen LogP contribution in [0.25, 0.3) is 0 Å². The Hall–Kier alpha value is -3.45. The van der Waals surface area contributed by atoms with E-state index in [-0.39, 0.29) is 18.0 Å². The zero-order valence-corrected chi connectivity index (χ0v) is 21.4. The van der Waals surface area contributed by atoms with Gasteiger partial charge in [-0.25, -0.2) is 8.42 Å². The maximum absolute atomic E-state index is 13.6. The van der Waals surface area contributed by atoms with E-state index in [4.69, 9.17) is 11.6 Å². The summed E-state index contributed by atoms with van der Waals surface area (Å²) in [7, 11) is -3.98. The third-order valence-electron chi connectivity index (χ3n) is 5.95. The number of benzene rings is 4. The topological polar surface area (TPSA) is 66.5 Å². The predicted molar refractivity (Wildman–Crippen MR) is 143 cm³/mol. The van der Waals surface area contributed by atoms with Gasteiger partial charge in [-0.2, -0.15) is 4.31 Å². The van der Waals surface area contributed by atoms with Crippen molar-refractivity contribution in [3.63, 3.8) is 0 Å². The molecule has 1 N–H and O–H groups in total. The second kappa shape index (κ2) is 11.5. The molecule has 0 saturated heterocycles. The van der Waals surface area contributed by atoms with E-state index in [2.05, 4.69) is 5.32 Å². The van der Waals surface area contributed by atoms with E-state index in [0.29, 0.717) is 5.02 Å². The van der Waals surface area contributed by atoms with E-state index in [9.17, 15) is 13.2 Å². The predicted octanol–water partition coefficient (Wildman–Crippen LogP) is 5.75. The van der Waals surface area contributed by atoms with Crippen LogP contribution in [0, 0.1) is 6.92 Å². The van der Waals surface area contributed by atoms with Crippen LogP contribution in [0.15, 0.2) is 114 Å². The van der Waals surface area contributed by atoms with Crippen LogP contribution in [0.5, 0.6) is 0 Å². The SMILES string of the molecule is Cc1ccccc1CN(CC(=O)NC(c1ccccc1)c1ccccc1)S(=O)(=O)c1ccc(Cl)cc1. The zero-order chi connectivity index (χ0) is 25.5. The summed E-state index contributed by atoms with van der Waals surface area (Å²) >= 11 is 5.98. The lowest BCUT2D eigenvalue weighted by Gasteiger charge is -2.25. The molecule has 0 atom stereocenters. The Morgan fingerprint density at radius 2 is 1.33 bits per heavy atom. The molecule has 7 heteroatoms. The Morgan fingerprint density at radius 1 is 0.806 bits per heavy atom. The molecule has 0 aromatic heterocycles. The molecule has 184 valence electrons. The summed E-state index contributed by atoms with van der Waals surface area (Å²) in [5.74, 6) is -0.404. The molecule has 4 rings (SSSR count). The first-order chi connectivity index (χ1) is 17.3. The van der Waals surface area contributed by atoms with Gasteiger partial charge in [0.1, 0.15) is 0 Å². The van der Waals surface area contributed by atoms with Gasteiger partial charge in [0.25, 0.3) is 0 Å².